The Balaban J connectivity index is 0.00000161. The topological polar surface area (TPSA) is 46.3 Å². The number of hydrogen-bond donors (Lipinski definition) is 1. The molecule has 3 nitrogen and oxygen atoms in total. The van der Waals surface area contributed by atoms with Gasteiger partial charge in [0.15, 0.2) is 0 Å². The molecule has 116 valence electrons. The first-order chi connectivity index (χ1) is 9.61. The van der Waals surface area contributed by atoms with Gasteiger partial charge in [-0.25, -0.2) is 8.78 Å². The van der Waals surface area contributed by atoms with E-state index >= 15 is 0 Å². The van der Waals surface area contributed by atoms with Crippen molar-refractivity contribution in [2.24, 2.45) is 17.6 Å². The largest absolute Gasteiger partial charge is 0.342 e. The molecule has 1 aliphatic carbocycles. The van der Waals surface area contributed by atoms with E-state index in [0.717, 1.165) is 6.42 Å². The second kappa shape index (κ2) is 6.28. The molecular weight excluding hydrogens is 298 g/mol. The molecule has 1 saturated heterocycles. The van der Waals surface area contributed by atoms with E-state index in [2.05, 4.69) is 0 Å². The number of rotatable bonds is 3. The van der Waals surface area contributed by atoms with Crippen LogP contribution in [0.1, 0.15) is 24.3 Å². The summed E-state index contributed by atoms with van der Waals surface area (Å²) in [7, 11) is 0. The van der Waals surface area contributed by atoms with Gasteiger partial charge >= 0.3 is 0 Å². The molecular formula is C15H19ClF2N2O. The Hall–Kier alpha value is -1.20. The third-order valence-electron chi connectivity index (χ3n) is 4.41. The fourth-order valence-electron chi connectivity index (χ4n) is 3.11. The van der Waals surface area contributed by atoms with Crippen LogP contribution in [0, 0.1) is 23.5 Å². The minimum absolute atomic E-state index is 0. The highest BCUT2D eigenvalue weighted by atomic mass is 35.5. The maximum atomic E-state index is 13.7. The molecule has 1 heterocycles. The minimum atomic E-state index is -0.549. The fraction of sp³-hybridized carbons (Fsp3) is 0.533. The van der Waals surface area contributed by atoms with E-state index in [4.69, 9.17) is 5.73 Å². The van der Waals surface area contributed by atoms with Gasteiger partial charge < -0.3 is 10.6 Å². The van der Waals surface area contributed by atoms with Crippen LogP contribution in [-0.2, 0) is 4.79 Å². The summed E-state index contributed by atoms with van der Waals surface area (Å²) >= 11 is 0. The van der Waals surface area contributed by atoms with Crippen molar-refractivity contribution in [3.63, 3.8) is 0 Å². The first-order valence-corrected chi connectivity index (χ1v) is 7.04. The lowest BCUT2D eigenvalue weighted by molar-refractivity contribution is -0.131. The summed E-state index contributed by atoms with van der Waals surface area (Å²) < 4.78 is 27.4. The van der Waals surface area contributed by atoms with E-state index in [1.807, 2.05) is 0 Å². The van der Waals surface area contributed by atoms with Crippen molar-refractivity contribution in [2.45, 2.75) is 18.8 Å². The van der Waals surface area contributed by atoms with Gasteiger partial charge in [-0.2, -0.15) is 0 Å². The zero-order valence-electron chi connectivity index (χ0n) is 11.6. The van der Waals surface area contributed by atoms with Crippen molar-refractivity contribution >= 4 is 18.3 Å². The molecule has 3 unspecified atom stereocenters. The molecule has 0 radical (unpaired) electrons. The molecule has 0 bridgehead atoms. The maximum Gasteiger partial charge on any atom is 0.226 e. The average molecular weight is 317 g/mol. The third-order valence-corrected chi connectivity index (χ3v) is 4.41. The number of carbonyl (C=O) groups is 1. The summed E-state index contributed by atoms with van der Waals surface area (Å²) in [6, 6.07) is 3.84. The predicted octanol–water partition coefficient (Wildman–Crippen LogP) is 2.30. The summed E-state index contributed by atoms with van der Waals surface area (Å²) in [4.78, 5) is 14.1. The van der Waals surface area contributed by atoms with Gasteiger partial charge in [-0.05, 0) is 37.4 Å². The van der Waals surface area contributed by atoms with Crippen LogP contribution < -0.4 is 5.73 Å². The van der Waals surface area contributed by atoms with Gasteiger partial charge in [0.2, 0.25) is 5.91 Å². The zero-order chi connectivity index (χ0) is 14.3. The SMILES string of the molecule is Cl.NCC1CCN(C(=O)C2CC2c2c(F)cccc2F)C1. The van der Waals surface area contributed by atoms with E-state index in [-0.39, 0.29) is 35.7 Å². The number of nitrogens with two attached hydrogens (primary N) is 1. The summed E-state index contributed by atoms with van der Waals surface area (Å²) in [6.45, 7) is 1.97. The van der Waals surface area contributed by atoms with Crippen molar-refractivity contribution in [3.8, 4) is 0 Å². The fourth-order valence-corrected chi connectivity index (χ4v) is 3.11. The number of hydrogen-bond acceptors (Lipinski definition) is 2. The highest BCUT2D eigenvalue weighted by Gasteiger charge is 2.48. The zero-order valence-corrected chi connectivity index (χ0v) is 12.4. The molecule has 1 amide bonds. The average Bonchev–Trinajstić information content (AvgIpc) is 3.05. The summed E-state index contributed by atoms with van der Waals surface area (Å²) in [5.74, 6) is -1.29. The Labute approximate surface area is 128 Å². The highest BCUT2D eigenvalue weighted by Crippen LogP contribution is 2.50. The van der Waals surface area contributed by atoms with Crippen LogP contribution in [0.5, 0.6) is 0 Å². The van der Waals surface area contributed by atoms with Gasteiger partial charge in [0.25, 0.3) is 0 Å². The Morgan fingerprint density at radius 2 is 2.00 bits per heavy atom. The van der Waals surface area contributed by atoms with Crippen molar-refractivity contribution in [3.05, 3.63) is 35.4 Å². The molecule has 2 fully saturated rings. The summed E-state index contributed by atoms with van der Waals surface area (Å²) in [5.41, 5.74) is 5.68. The molecule has 6 heteroatoms. The summed E-state index contributed by atoms with van der Waals surface area (Å²) in [5, 5.41) is 0. The highest BCUT2D eigenvalue weighted by molar-refractivity contribution is 5.85. The van der Waals surface area contributed by atoms with Crippen LogP contribution in [0.2, 0.25) is 0 Å². The lowest BCUT2D eigenvalue weighted by Crippen LogP contribution is -2.31. The molecule has 1 saturated carbocycles. The molecule has 21 heavy (non-hydrogen) atoms. The van der Waals surface area contributed by atoms with Crippen LogP contribution >= 0.6 is 12.4 Å². The second-order valence-electron chi connectivity index (χ2n) is 5.76. The van der Waals surface area contributed by atoms with Crippen LogP contribution in [0.15, 0.2) is 18.2 Å². The predicted molar refractivity (Wildman–Crippen MR) is 78.2 cm³/mol. The number of likely N-dealkylation sites (tertiary alicyclic amines) is 1. The standard InChI is InChI=1S/C15H18F2N2O.ClH/c16-12-2-1-3-13(17)14(12)10-6-11(10)15(20)19-5-4-9(7-18)8-19;/h1-3,9-11H,4-8,18H2;1H. The van der Waals surface area contributed by atoms with E-state index in [1.54, 1.807) is 4.90 Å². The first kappa shape index (κ1) is 16.2. The first-order valence-electron chi connectivity index (χ1n) is 7.04. The second-order valence-corrected chi connectivity index (χ2v) is 5.76. The smallest absolute Gasteiger partial charge is 0.226 e. The number of nitrogens with zero attached hydrogens (tertiary/aromatic N) is 1. The Morgan fingerprint density at radius 1 is 1.33 bits per heavy atom. The Kier molecular flexibility index (Phi) is 4.84. The maximum absolute atomic E-state index is 13.7. The van der Waals surface area contributed by atoms with E-state index < -0.39 is 11.6 Å². The van der Waals surface area contributed by atoms with E-state index in [9.17, 15) is 13.6 Å². The van der Waals surface area contributed by atoms with Crippen molar-refractivity contribution in [1.82, 2.24) is 4.90 Å². The Morgan fingerprint density at radius 3 is 2.57 bits per heavy atom. The number of amides is 1. The lowest BCUT2D eigenvalue weighted by Gasteiger charge is -2.16. The third kappa shape index (κ3) is 3.04. The molecule has 0 aromatic heterocycles. The van der Waals surface area contributed by atoms with Gasteiger partial charge in [0.05, 0.1) is 0 Å². The van der Waals surface area contributed by atoms with Gasteiger partial charge in [0, 0.05) is 30.5 Å². The van der Waals surface area contributed by atoms with Gasteiger partial charge in [-0.3, -0.25) is 4.79 Å². The van der Waals surface area contributed by atoms with Crippen LogP contribution in [-0.4, -0.2) is 30.4 Å². The molecule has 1 aliphatic heterocycles. The lowest BCUT2D eigenvalue weighted by atomic mass is 10.1. The van der Waals surface area contributed by atoms with Crippen LogP contribution in [0.3, 0.4) is 0 Å². The van der Waals surface area contributed by atoms with Gasteiger partial charge in [0.1, 0.15) is 11.6 Å². The van der Waals surface area contributed by atoms with Crippen molar-refractivity contribution < 1.29 is 13.6 Å². The van der Waals surface area contributed by atoms with Crippen molar-refractivity contribution in [1.29, 1.82) is 0 Å². The molecule has 2 N–H and O–H groups in total. The van der Waals surface area contributed by atoms with Gasteiger partial charge in [-0.15, -0.1) is 12.4 Å². The molecule has 3 atom stereocenters. The quantitative estimate of drug-likeness (QED) is 0.930. The summed E-state index contributed by atoms with van der Waals surface area (Å²) in [6.07, 6.45) is 1.47. The van der Waals surface area contributed by atoms with Gasteiger partial charge in [-0.1, -0.05) is 6.07 Å². The molecule has 0 spiro atoms. The van der Waals surface area contributed by atoms with Crippen LogP contribution in [0.25, 0.3) is 0 Å². The monoisotopic (exact) mass is 316 g/mol. The minimum Gasteiger partial charge on any atom is -0.342 e. The number of halogens is 3. The molecule has 3 rings (SSSR count). The molecule has 2 aliphatic rings. The number of carbonyl (C=O) groups excluding carboxylic acids is 1. The van der Waals surface area contributed by atoms with E-state index in [1.165, 1.54) is 18.2 Å². The van der Waals surface area contributed by atoms with Crippen molar-refractivity contribution in [2.75, 3.05) is 19.6 Å². The number of benzene rings is 1. The molecule has 1 aromatic carbocycles. The van der Waals surface area contributed by atoms with E-state index in [0.29, 0.717) is 32.0 Å². The molecule has 1 aromatic rings. The normalized spacial score (nSPS) is 27.4. The Bertz CT molecular complexity index is 520. The van der Waals surface area contributed by atoms with Crippen LogP contribution in [0.4, 0.5) is 8.78 Å².